The number of rotatable bonds is 5. The highest BCUT2D eigenvalue weighted by atomic mass is 32.1. The summed E-state index contributed by atoms with van der Waals surface area (Å²) in [4.78, 5) is 0. The third-order valence-corrected chi connectivity index (χ3v) is 3.85. The molecule has 21 heavy (non-hydrogen) atoms. The van der Waals surface area contributed by atoms with Crippen molar-refractivity contribution in [3.8, 4) is 28.6 Å². The minimum atomic E-state index is 0.420. The highest BCUT2D eigenvalue weighted by Crippen LogP contribution is 2.43. The smallest absolute Gasteiger partial charge is 0.195 e. The van der Waals surface area contributed by atoms with E-state index in [0.717, 1.165) is 24.2 Å². The molecule has 0 amide bonds. The van der Waals surface area contributed by atoms with Gasteiger partial charge in [0.05, 0.1) is 26.9 Å². The predicted molar refractivity (Wildman–Crippen MR) is 80.8 cm³/mol. The summed E-state index contributed by atoms with van der Waals surface area (Å²) >= 11 is 5.33. The normalized spacial score (nSPS) is 14.0. The molecule has 0 unspecified atom stereocenters. The van der Waals surface area contributed by atoms with E-state index in [9.17, 15) is 0 Å². The van der Waals surface area contributed by atoms with Crippen LogP contribution in [-0.2, 0) is 0 Å². The molecule has 0 aliphatic heterocycles. The number of nitrogens with zero attached hydrogens (tertiary/aromatic N) is 2. The minimum absolute atomic E-state index is 0.420. The predicted octanol–water partition coefficient (Wildman–Crippen LogP) is 2.97. The first-order chi connectivity index (χ1) is 10.2. The first kappa shape index (κ1) is 13.9. The molecule has 6 nitrogen and oxygen atoms in total. The second-order valence-electron chi connectivity index (χ2n) is 4.86. The molecule has 0 spiro atoms. The third kappa shape index (κ3) is 2.37. The van der Waals surface area contributed by atoms with Gasteiger partial charge in [0.25, 0.3) is 0 Å². The standard InChI is InChI=1S/C14H17N3O3S/c1-18-10-7-12(20-3)11(19-2)6-9(10)13-15-16-14(21)17(13)8-4-5-8/h6-8H,4-5H2,1-3H3,(H,16,21). The van der Waals surface area contributed by atoms with Crippen LogP contribution in [-0.4, -0.2) is 36.1 Å². The van der Waals surface area contributed by atoms with Gasteiger partial charge < -0.3 is 14.2 Å². The number of hydrogen-bond acceptors (Lipinski definition) is 5. The molecular weight excluding hydrogens is 290 g/mol. The van der Waals surface area contributed by atoms with Gasteiger partial charge in [-0.15, -0.1) is 0 Å². The molecule has 1 aromatic carbocycles. The number of ether oxygens (including phenoxy) is 3. The Labute approximate surface area is 127 Å². The molecule has 1 heterocycles. The molecule has 1 aromatic heterocycles. The summed E-state index contributed by atoms with van der Waals surface area (Å²) in [5, 5.41) is 7.22. The first-order valence-electron chi connectivity index (χ1n) is 6.67. The fourth-order valence-corrected chi connectivity index (χ4v) is 2.65. The quantitative estimate of drug-likeness (QED) is 0.861. The Kier molecular flexibility index (Phi) is 3.59. The van der Waals surface area contributed by atoms with Crippen molar-refractivity contribution >= 4 is 12.2 Å². The van der Waals surface area contributed by atoms with Gasteiger partial charge in [-0.25, -0.2) is 0 Å². The van der Waals surface area contributed by atoms with Gasteiger partial charge in [-0.1, -0.05) is 0 Å². The zero-order valence-electron chi connectivity index (χ0n) is 12.2. The summed E-state index contributed by atoms with van der Waals surface area (Å²) < 4.78 is 18.8. The minimum Gasteiger partial charge on any atom is -0.496 e. The number of nitrogens with one attached hydrogen (secondary N) is 1. The number of aromatic amines is 1. The molecule has 2 aromatic rings. The lowest BCUT2D eigenvalue weighted by atomic mass is 10.1. The second-order valence-corrected chi connectivity index (χ2v) is 5.25. The maximum atomic E-state index is 5.47. The summed E-state index contributed by atoms with van der Waals surface area (Å²) in [6, 6.07) is 4.08. The molecule has 0 bridgehead atoms. The highest BCUT2D eigenvalue weighted by Gasteiger charge is 2.29. The van der Waals surface area contributed by atoms with E-state index in [4.69, 9.17) is 26.4 Å². The Hall–Kier alpha value is -2.02. The van der Waals surface area contributed by atoms with E-state index in [0.29, 0.717) is 28.1 Å². The number of H-pyrrole nitrogens is 1. The number of methoxy groups -OCH3 is 3. The van der Waals surface area contributed by atoms with Crippen LogP contribution in [0.5, 0.6) is 17.2 Å². The van der Waals surface area contributed by atoms with Crippen LogP contribution in [0.2, 0.25) is 0 Å². The Morgan fingerprint density at radius 1 is 1.10 bits per heavy atom. The Bertz CT molecular complexity index is 719. The van der Waals surface area contributed by atoms with Crippen molar-refractivity contribution in [2.24, 2.45) is 0 Å². The summed E-state index contributed by atoms with van der Waals surface area (Å²) in [5.41, 5.74) is 0.828. The van der Waals surface area contributed by atoms with Gasteiger partial charge in [0.1, 0.15) is 5.75 Å². The number of benzene rings is 1. The third-order valence-electron chi connectivity index (χ3n) is 3.56. The summed E-state index contributed by atoms with van der Waals surface area (Å²) in [6.45, 7) is 0. The van der Waals surface area contributed by atoms with Gasteiger partial charge in [0, 0.05) is 12.1 Å². The Morgan fingerprint density at radius 2 is 1.71 bits per heavy atom. The van der Waals surface area contributed by atoms with Crippen LogP contribution in [0.3, 0.4) is 0 Å². The summed E-state index contributed by atoms with van der Waals surface area (Å²) in [6.07, 6.45) is 2.24. The molecule has 1 saturated carbocycles. The molecule has 0 saturated heterocycles. The molecule has 0 radical (unpaired) electrons. The molecule has 0 atom stereocenters. The lowest BCUT2D eigenvalue weighted by Crippen LogP contribution is -2.01. The van der Waals surface area contributed by atoms with Crippen molar-refractivity contribution in [3.63, 3.8) is 0 Å². The second kappa shape index (κ2) is 5.40. The van der Waals surface area contributed by atoms with E-state index in [2.05, 4.69) is 10.2 Å². The SMILES string of the molecule is COc1cc(OC)c(-c2n[nH]c(=S)n2C2CC2)cc1OC. The van der Waals surface area contributed by atoms with Crippen LogP contribution in [0, 0.1) is 4.77 Å². The van der Waals surface area contributed by atoms with Gasteiger partial charge in [0.2, 0.25) is 0 Å². The zero-order valence-corrected chi connectivity index (χ0v) is 13.0. The van der Waals surface area contributed by atoms with Crippen LogP contribution >= 0.6 is 12.2 Å². The lowest BCUT2D eigenvalue weighted by Gasteiger charge is -2.14. The van der Waals surface area contributed by atoms with Crippen molar-refractivity contribution < 1.29 is 14.2 Å². The largest absolute Gasteiger partial charge is 0.496 e. The van der Waals surface area contributed by atoms with Crippen molar-refractivity contribution in [1.29, 1.82) is 0 Å². The van der Waals surface area contributed by atoms with E-state index < -0.39 is 0 Å². The molecule has 1 fully saturated rings. The van der Waals surface area contributed by atoms with E-state index in [1.165, 1.54) is 0 Å². The fourth-order valence-electron chi connectivity index (χ4n) is 2.37. The topological polar surface area (TPSA) is 61.3 Å². The monoisotopic (exact) mass is 307 g/mol. The van der Waals surface area contributed by atoms with Crippen molar-refractivity contribution in [2.75, 3.05) is 21.3 Å². The van der Waals surface area contributed by atoms with Gasteiger partial charge in [0.15, 0.2) is 22.1 Å². The number of aromatic nitrogens is 3. The molecular formula is C14H17N3O3S. The van der Waals surface area contributed by atoms with Gasteiger partial charge in [-0.3, -0.25) is 9.67 Å². The van der Waals surface area contributed by atoms with Crippen LogP contribution in [0.15, 0.2) is 12.1 Å². The van der Waals surface area contributed by atoms with E-state index in [1.807, 2.05) is 10.6 Å². The fraction of sp³-hybridized carbons (Fsp3) is 0.429. The highest BCUT2D eigenvalue weighted by molar-refractivity contribution is 7.71. The van der Waals surface area contributed by atoms with Crippen molar-refractivity contribution in [2.45, 2.75) is 18.9 Å². The number of hydrogen-bond donors (Lipinski definition) is 1. The summed E-state index contributed by atoms with van der Waals surface area (Å²) in [5.74, 6) is 2.68. The van der Waals surface area contributed by atoms with Gasteiger partial charge in [-0.2, -0.15) is 5.10 Å². The molecule has 112 valence electrons. The maximum Gasteiger partial charge on any atom is 0.195 e. The van der Waals surface area contributed by atoms with Crippen LogP contribution in [0.4, 0.5) is 0 Å². The lowest BCUT2D eigenvalue weighted by molar-refractivity contribution is 0.349. The average Bonchev–Trinajstić information content (AvgIpc) is 3.28. The van der Waals surface area contributed by atoms with Crippen molar-refractivity contribution in [1.82, 2.24) is 14.8 Å². The van der Waals surface area contributed by atoms with Crippen molar-refractivity contribution in [3.05, 3.63) is 16.9 Å². The Morgan fingerprint density at radius 3 is 2.29 bits per heavy atom. The molecule has 7 heteroatoms. The molecule has 1 aliphatic carbocycles. The molecule has 3 rings (SSSR count). The maximum absolute atomic E-state index is 5.47. The average molecular weight is 307 g/mol. The van der Waals surface area contributed by atoms with E-state index in [-0.39, 0.29) is 0 Å². The van der Waals surface area contributed by atoms with E-state index in [1.54, 1.807) is 27.4 Å². The first-order valence-corrected chi connectivity index (χ1v) is 7.07. The van der Waals surface area contributed by atoms with E-state index >= 15 is 0 Å². The van der Waals surface area contributed by atoms with Gasteiger partial charge in [-0.05, 0) is 31.1 Å². The molecule has 1 aliphatic rings. The zero-order chi connectivity index (χ0) is 15.0. The Balaban J connectivity index is 2.19. The van der Waals surface area contributed by atoms with Gasteiger partial charge >= 0.3 is 0 Å². The van der Waals surface area contributed by atoms with Crippen LogP contribution < -0.4 is 14.2 Å². The van der Waals surface area contributed by atoms with Crippen LogP contribution in [0.25, 0.3) is 11.4 Å². The van der Waals surface area contributed by atoms with Crippen LogP contribution in [0.1, 0.15) is 18.9 Å². The molecule has 1 N–H and O–H groups in total. The summed E-state index contributed by atoms with van der Waals surface area (Å²) in [7, 11) is 4.82.